The summed E-state index contributed by atoms with van der Waals surface area (Å²) in [5, 5.41) is 9.85. The van der Waals surface area contributed by atoms with E-state index in [9.17, 15) is 14.3 Å². The van der Waals surface area contributed by atoms with E-state index < -0.39 is 5.82 Å². The fraction of sp³-hybridized carbons (Fsp3) is 0.562. The first-order valence-electron chi connectivity index (χ1n) is 7.29. The third-order valence-corrected chi connectivity index (χ3v) is 4.13. The lowest BCUT2D eigenvalue weighted by molar-refractivity contribution is 0.0287. The van der Waals surface area contributed by atoms with Crippen molar-refractivity contribution in [3.8, 4) is 5.75 Å². The molecule has 116 valence electrons. The Morgan fingerprint density at radius 3 is 2.95 bits per heavy atom. The average Bonchev–Trinajstić information content (AvgIpc) is 2.47. The number of likely N-dealkylation sites (tertiary alicyclic amines) is 1. The van der Waals surface area contributed by atoms with Crippen LogP contribution in [0.4, 0.5) is 4.39 Å². The Kier molecular flexibility index (Phi) is 5.31. The number of ketones is 1. The number of halogens is 1. The minimum Gasteiger partial charge on any atom is -0.496 e. The summed E-state index contributed by atoms with van der Waals surface area (Å²) in [6.45, 7) is 3.99. The quantitative estimate of drug-likeness (QED) is 0.845. The molecule has 0 bridgehead atoms. The van der Waals surface area contributed by atoms with Gasteiger partial charge in [-0.1, -0.05) is 13.0 Å². The molecular formula is C16H22FNO3. The second-order valence-electron chi connectivity index (χ2n) is 5.62. The zero-order chi connectivity index (χ0) is 15.4. The number of β-amino-alcohol motifs (C(OH)–C–C–N with tert-alkyl or cyclic N) is 1. The van der Waals surface area contributed by atoms with Gasteiger partial charge in [-0.15, -0.1) is 0 Å². The first-order valence-corrected chi connectivity index (χ1v) is 7.29. The summed E-state index contributed by atoms with van der Waals surface area (Å²) >= 11 is 0. The first-order chi connectivity index (χ1) is 10.0. The van der Waals surface area contributed by atoms with Gasteiger partial charge in [0, 0.05) is 19.5 Å². The van der Waals surface area contributed by atoms with Crippen molar-refractivity contribution < 1.29 is 19.0 Å². The summed E-state index contributed by atoms with van der Waals surface area (Å²) in [5.74, 6) is -0.249. The summed E-state index contributed by atoms with van der Waals surface area (Å²) in [6, 6.07) is 4.37. The number of aliphatic hydroxyl groups is 1. The molecule has 1 aliphatic heterocycles. The van der Waals surface area contributed by atoms with Gasteiger partial charge >= 0.3 is 0 Å². The maximum Gasteiger partial charge on any atom is 0.170 e. The molecule has 1 N–H and O–H groups in total. The summed E-state index contributed by atoms with van der Waals surface area (Å²) in [6.07, 6.45) is 0.786. The number of hydrogen-bond donors (Lipinski definition) is 1. The lowest BCUT2D eigenvalue weighted by Gasteiger charge is -2.34. The molecule has 1 saturated heterocycles. The van der Waals surface area contributed by atoms with Crippen molar-refractivity contribution in [2.45, 2.75) is 25.9 Å². The molecule has 0 saturated carbocycles. The van der Waals surface area contributed by atoms with E-state index in [0.717, 1.165) is 13.0 Å². The van der Waals surface area contributed by atoms with Gasteiger partial charge in [0.05, 0.1) is 18.8 Å². The number of benzene rings is 1. The largest absolute Gasteiger partial charge is 0.496 e. The van der Waals surface area contributed by atoms with Crippen molar-refractivity contribution in [1.29, 1.82) is 0 Å². The molecule has 1 aromatic rings. The van der Waals surface area contributed by atoms with E-state index in [0.29, 0.717) is 19.0 Å². The zero-order valence-electron chi connectivity index (χ0n) is 12.5. The normalized spacial score (nSPS) is 23.0. The highest BCUT2D eigenvalue weighted by molar-refractivity contribution is 5.99. The van der Waals surface area contributed by atoms with E-state index in [1.165, 1.54) is 19.2 Å². The van der Waals surface area contributed by atoms with Crippen molar-refractivity contribution in [2.24, 2.45) is 5.92 Å². The second kappa shape index (κ2) is 7.00. The Balaban J connectivity index is 1.96. The molecule has 21 heavy (non-hydrogen) atoms. The van der Waals surface area contributed by atoms with Gasteiger partial charge < -0.3 is 14.7 Å². The molecule has 0 spiro atoms. The Bertz CT molecular complexity index is 506. The topological polar surface area (TPSA) is 49.8 Å². The third-order valence-electron chi connectivity index (χ3n) is 4.13. The average molecular weight is 295 g/mol. The number of methoxy groups -OCH3 is 1. The maximum absolute atomic E-state index is 13.8. The molecule has 0 amide bonds. The Hall–Kier alpha value is -1.46. The molecular weight excluding hydrogens is 273 g/mol. The molecule has 1 heterocycles. The van der Waals surface area contributed by atoms with Crippen LogP contribution in [-0.2, 0) is 0 Å². The number of carbonyl (C=O) groups is 1. The van der Waals surface area contributed by atoms with Crippen LogP contribution in [-0.4, -0.2) is 48.6 Å². The Morgan fingerprint density at radius 1 is 1.52 bits per heavy atom. The molecule has 0 aromatic heterocycles. The zero-order valence-corrected chi connectivity index (χ0v) is 12.5. The standard InChI is InChI=1S/C16H22FNO3/c1-11-6-8-18(10-14(11)20)9-7-13(19)16-12(17)4-3-5-15(16)21-2/h3-5,11,14,20H,6-10H2,1-2H3. The number of piperidine rings is 1. The van der Waals surface area contributed by atoms with Crippen molar-refractivity contribution in [3.05, 3.63) is 29.6 Å². The Morgan fingerprint density at radius 2 is 2.29 bits per heavy atom. The van der Waals surface area contributed by atoms with Gasteiger partial charge in [0.2, 0.25) is 0 Å². The molecule has 5 heteroatoms. The molecule has 2 atom stereocenters. The van der Waals surface area contributed by atoms with Gasteiger partial charge in [0.1, 0.15) is 11.6 Å². The van der Waals surface area contributed by atoms with Crippen LogP contribution in [0.25, 0.3) is 0 Å². The lowest BCUT2D eigenvalue weighted by atomic mass is 9.95. The fourth-order valence-electron chi connectivity index (χ4n) is 2.65. The lowest BCUT2D eigenvalue weighted by Crippen LogP contribution is -2.43. The van der Waals surface area contributed by atoms with Crippen molar-refractivity contribution in [2.75, 3.05) is 26.7 Å². The monoisotopic (exact) mass is 295 g/mol. The third kappa shape index (κ3) is 3.80. The number of Topliss-reactive ketones (excluding diaryl/α,β-unsaturated/α-hetero) is 1. The molecule has 0 aliphatic carbocycles. The van der Waals surface area contributed by atoms with Crippen molar-refractivity contribution in [1.82, 2.24) is 4.90 Å². The molecule has 1 aliphatic rings. The highest BCUT2D eigenvalue weighted by Crippen LogP contribution is 2.23. The van der Waals surface area contributed by atoms with Crippen molar-refractivity contribution >= 4 is 5.78 Å². The van der Waals surface area contributed by atoms with Gasteiger partial charge in [-0.05, 0) is 31.0 Å². The van der Waals surface area contributed by atoms with Gasteiger partial charge in [0.25, 0.3) is 0 Å². The van der Waals surface area contributed by atoms with Crippen LogP contribution in [0.3, 0.4) is 0 Å². The maximum atomic E-state index is 13.8. The molecule has 1 fully saturated rings. The van der Waals surface area contributed by atoms with Gasteiger partial charge in [0.15, 0.2) is 5.78 Å². The van der Waals surface area contributed by atoms with Gasteiger partial charge in [-0.3, -0.25) is 4.79 Å². The smallest absolute Gasteiger partial charge is 0.170 e. The van der Waals surface area contributed by atoms with Crippen LogP contribution in [0.2, 0.25) is 0 Å². The SMILES string of the molecule is COc1cccc(F)c1C(=O)CCN1CCC(C)C(O)C1. The van der Waals surface area contributed by atoms with E-state index in [4.69, 9.17) is 4.74 Å². The fourth-order valence-corrected chi connectivity index (χ4v) is 2.65. The van der Waals surface area contributed by atoms with Crippen LogP contribution >= 0.6 is 0 Å². The molecule has 4 nitrogen and oxygen atoms in total. The van der Waals surface area contributed by atoms with E-state index in [1.807, 2.05) is 6.92 Å². The van der Waals surface area contributed by atoms with Gasteiger partial charge in [-0.25, -0.2) is 4.39 Å². The Labute approximate surface area is 124 Å². The number of hydrogen-bond acceptors (Lipinski definition) is 4. The number of carbonyl (C=O) groups excluding carboxylic acids is 1. The first kappa shape index (κ1) is 15.9. The second-order valence-corrected chi connectivity index (χ2v) is 5.62. The number of rotatable bonds is 5. The van der Waals surface area contributed by atoms with Crippen LogP contribution < -0.4 is 4.74 Å². The molecule has 0 radical (unpaired) electrons. The van der Waals surface area contributed by atoms with Crippen LogP contribution in [0.15, 0.2) is 18.2 Å². The number of aliphatic hydroxyl groups excluding tert-OH is 1. The van der Waals surface area contributed by atoms with E-state index in [-0.39, 0.29) is 29.6 Å². The summed E-state index contributed by atoms with van der Waals surface area (Å²) < 4.78 is 18.9. The van der Waals surface area contributed by atoms with Crippen LogP contribution in [0.1, 0.15) is 30.1 Å². The number of ether oxygens (including phenoxy) is 1. The highest BCUT2D eigenvalue weighted by Gasteiger charge is 2.25. The predicted molar refractivity (Wildman–Crippen MR) is 78.1 cm³/mol. The van der Waals surface area contributed by atoms with Crippen LogP contribution in [0.5, 0.6) is 5.75 Å². The summed E-state index contributed by atoms with van der Waals surface area (Å²) in [7, 11) is 1.42. The van der Waals surface area contributed by atoms with Crippen molar-refractivity contribution in [3.63, 3.8) is 0 Å². The summed E-state index contributed by atoms with van der Waals surface area (Å²) in [4.78, 5) is 14.3. The molecule has 1 aromatic carbocycles. The molecule has 2 rings (SSSR count). The van der Waals surface area contributed by atoms with E-state index in [1.54, 1.807) is 6.07 Å². The predicted octanol–water partition coefficient (Wildman–Crippen LogP) is 2.11. The van der Waals surface area contributed by atoms with E-state index >= 15 is 0 Å². The highest BCUT2D eigenvalue weighted by atomic mass is 19.1. The number of nitrogens with zero attached hydrogens (tertiary/aromatic N) is 1. The molecule has 2 unspecified atom stereocenters. The minimum absolute atomic E-state index is 0.0194. The minimum atomic E-state index is -0.549. The van der Waals surface area contributed by atoms with Crippen LogP contribution in [0, 0.1) is 11.7 Å². The van der Waals surface area contributed by atoms with E-state index in [2.05, 4.69) is 4.90 Å². The summed E-state index contributed by atoms with van der Waals surface area (Å²) in [5.41, 5.74) is 0.0194. The van der Waals surface area contributed by atoms with Gasteiger partial charge in [-0.2, -0.15) is 0 Å².